The molecule has 2 aromatic carbocycles. The molecule has 0 fully saturated rings. The number of alkyl halides is 2. The van der Waals surface area contributed by atoms with Crippen LogP contribution >= 0.6 is 11.6 Å². The summed E-state index contributed by atoms with van der Waals surface area (Å²) < 4.78 is 87.2. The molecule has 1 aliphatic carbocycles. The molecule has 0 saturated heterocycles. The number of hydrogen-bond donors (Lipinski definition) is 5. The smallest absolute Gasteiger partial charge is 0.288 e. The Morgan fingerprint density at radius 3 is 2.42 bits per heavy atom. The standard InChI is InChI=1S/C37H39ClF4N8O4S/c1-36(2,52)13-11-23-7-8-24(25-9-10-27(38)30-32(25)50(5)47-35(30)48-55(6,53)54)31(45-23)28(17-20-15-21(39)18-22(40)16-20)46-29(51)19-44-33-26(34(43)49(3)4)12-14-37(33,41)42/h7-10,15-16,18,28,43-44,52H,12,14,17,19H2,1-6H3,(H,46,51)(H,47,48)/t28-/m0/s1. The van der Waals surface area contributed by atoms with Gasteiger partial charge in [-0.3, -0.25) is 19.6 Å². The van der Waals surface area contributed by atoms with E-state index < -0.39 is 63.8 Å². The van der Waals surface area contributed by atoms with Crippen molar-refractivity contribution in [1.29, 1.82) is 5.41 Å². The average Bonchev–Trinajstić information content (AvgIpc) is 3.55. The number of rotatable bonds is 11. The number of halogens is 5. The van der Waals surface area contributed by atoms with Crippen LogP contribution < -0.4 is 15.4 Å². The number of sulfonamides is 1. The number of pyridine rings is 1. The molecule has 0 bridgehead atoms. The van der Waals surface area contributed by atoms with Gasteiger partial charge < -0.3 is 20.6 Å². The number of nitrogens with one attached hydrogen (secondary N) is 4. The Labute approximate surface area is 320 Å². The van der Waals surface area contributed by atoms with E-state index in [2.05, 4.69) is 32.3 Å². The number of anilines is 1. The van der Waals surface area contributed by atoms with E-state index in [0.29, 0.717) is 22.7 Å². The summed E-state index contributed by atoms with van der Waals surface area (Å²) in [7, 11) is 0.857. The Morgan fingerprint density at radius 1 is 1.15 bits per heavy atom. The lowest BCUT2D eigenvalue weighted by Gasteiger charge is -2.24. The van der Waals surface area contributed by atoms with Crippen molar-refractivity contribution in [1.82, 2.24) is 30.3 Å². The van der Waals surface area contributed by atoms with E-state index in [1.54, 1.807) is 39.3 Å². The molecule has 1 aliphatic rings. The van der Waals surface area contributed by atoms with Crippen LogP contribution in [-0.2, 0) is 28.3 Å². The van der Waals surface area contributed by atoms with Crippen LogP contribution in [0.15, 0.2) is 53.7 Å². The number of amidine groups is 1. The van der Waals surface area contributed by atoms with Gasteiger partial charge >= 0.3 is 0 Å². The van der Waals surface area contributed by atoms with Crippen LogP contribution in [0.3, 0.4) is 0 Å². The van der Waals surface area contributed by atoms with E-state index >= 15 is 8.78 Å². The predicted molar refractivity (Wildman–Crippen MR) is 202 cm³/mol. The van der Waals surface area contributed by atoms with Gasteiger partial charge in [0.1, 0.15) is 28.8 Å². The Hall–Kier alpha value is -5.18. The summed E-state index contributed by atoms with van der Waals surface area (Å²) in [6.45, 7) is 2.27. The molecule has 55 heavy (non-hydrogen) atoms. The highest BCUT2D eigenvalue weighted by Crippen LogP contribution is 2.41. The van der Waals surface area contributed by atoms with Crippen molar-refractivity contribution in [2.24, 2.45) is 7.05 Å². The first-order valence-corrected chi connectivity index (χ1v) is 19.1. The number of hydrogen-bond acceptors (Lipinski definition) is 8. The summed E-state index contributed by atoms with van der Waals surface area (Å²) in [5.74, 6) is -0.615. The highest BCUT2D eigenvalue weighted by Gasteiger charge is 2.43. The molecule has 2 aromatic heterocycles. The second-order valence-corrected chi connectivity index (χ2v) is 16.0. The lowest BCUT2D eigenvalue weighted by atomic mass is 9.93. The predicted octanol–water partition coefficient (Wildman–Crippen LogP) is 5.27. The largest absolute Gasteiger partial charge is 0.378 e. The van der Waals surface area contributed by atoms with E-state index in [4.69, 9.17) is 22.0 Å². The average molecular weight is 803 g/mol. The highest BCUT2D eigenvalue weighted by molar-refractivity contribution is 7.92. The number of nitrogens with zero attached hydrogens (tertiary/aromatic N) is 4. The van der Waals surface area contributed by atoms with Gasteiger partial charge in [0.25, 0.3) is 5.92 Å². The van der Waals surface area contributed by atoms with Gasteiger partial charge in [-0.2, -0.15) is 13.9 Å². The minimum Gasteiger partial charge on any atom is -0.378 e. The van der Waals surface area contributed by atoms with Crippen LogP contribution in [0.25, 0.3) is 22.0 Å². The molecule has 0 saturated carbocycles. The minimum absolute atomic E-state index is 0.0556. The number of fused-ring (bicyclic) bond motifs is 1. The first-order chi connectivity index (χ1) is 25.5. The van der Waals surface area contributed by atoms with Crippen LogP contribution in [0.2, 0.25) is 5.02 Å². The van der Waals surface area contributed by atoms with Crippen molar-refractivity contribution in [3.05, 3.63) is 87.3 Å². The minimum atomic E-state index is -3.79. The zero-order valence-corrected chi connectivity index (χ0v) is 32.3. The molecule has 2 heterocycles. The molecule has 0 radical (unpaired) electrons. The molecule has 5 N–H and O–H groups in total. The van der Waals surface area contributed by atoms with Crippen LogP contribution in [0.1, 0.15) is 49.7 Å². The van der Waals surface area contributed by atoms with E-state index in [1.807, 2.05) is 0 Å². The van der Waals surface area contributed by atoms with Crippen LogP contribution in [0.5, 0.6) is 0 Å². The van der Waals surface area contributed by atoms with E-state index in [-0.39, 0.29) is 57.4 Å². The highest BCUT2D eigenvalue weighted by atomic mass is 35.5. The fourth-order valence-electron chi connectivity index (χ4n) is 6.19. The molecular weight excluding hydrogens is 764 g/mol. The van der Waals surface area contributed by atoms with Gasteiger partial charge in [0.15, 0.2) is 5.82 Å². The van der Waals surface area contributed by atoms with Crippen LogP contribution in [0.4, 0.5) is 23.4 Å². The van der Waals surface area contributed by atoms with E-state index in [0.717, 1.165) is 18.4 Å². The van der Waals surface area contributed by atoms with Gasteiger partial charge in [-0.15, -0.1) is 0 Å². The maximum Gasteiger partial charge on any atom is 0.288 e. The quantitative estimate of drug-likeness (QED) is 0.0593. The van der Waals surface area contributed by atoms with Crippen LogP contribution in [-0.4, -0.2) is 83.4 Å². The molecule has 4 aromatic rings. The number of aromatic nitrogens is 3. The van der Waals surface area contributed by atoms with Gasteiger partial charge in [-0.1, -0.05) is 23.6 Å². The molecule has 292 valence electrons. The first-order valence-electron chi connectivity index (χ1n) is 16.8. The zero-order chi connectivity index (χ0) is 40.6. The lowest BCUT2D eigenvalue weighted by molar-refractivity contribution is -0.121. The number of likely N-dealkylation sites (N-methyl/N-ethyl adjacent to an activating group) is 1. The number of carbonyl (C=O) groups is 1. The summed E-state index contributed by atoms with van der Waals surface area (Å²) in [6, 6.07) is 7.93. The van der Waals surface area contributed by atoms with Gasteiger partial charge in [0.05, 0.1) is 46.2 Å². The fraction of sp³-hybridized carbons (Fsp3) is 0.351. The molecular formula is C37H39ClF4N8O4S. The topological polar surface area (TPSA) is 165 Å². The second-order valence-electron chi connectivity index (χ2n) is 13.9. The zero-order valence-electron chi connectivity index (χ0n) is 30.7. The van der Waals surface area contributed by atoms with Gasteiger partial charge in [-0.05, 0) is 68.5 Å². The third-order valence-corrected chi connectivity index (χ3v) is 9.35. The maximum atomic E-state index is 15.0. The number of carbonyl (C=O) groups excluding carboxylic acids is 1. The van der Waals surface area contributed by atoms with Crippen molar-refractivity contribution >= 4 is 50.1 Å². The third kappa shape index (κ3) is 9.74. The molecule has 0 spiro atoms. The maximum absolute atomic E-state index is 15.0. The SMILES string of the molecule is CN(C)C(=N)C1=C(NCC(=O)N[C@@H](Cc2cc(F)cc(F)c2)c2nc(C#CC(C)(C)O)ccc2-c2ccc(Cl)c3c(NS(C)(=O)=O)nn(C)c23)C(F)(F)CC1. The van der Waals surface area contributed by atoms with E-state index in [9.17, 15) is 27.1 Å². The van der Waals surface area contributed by atoms with Gasteiger partial charge in [0.2, 0.25) is 15.9 Å². The Balaban J connectivity index is 1.68. The van der Waals surface area contributed by atoms with Crippen molar-refractivity contribution in [3.63, 3.8) is 0 Å². The normalized spacial score (nSPS) is 14.7. The lowest BCUT2D eigenvalue weighted by Crippen LogP contribution is -2.40. The molecule has 18 heteroatoms. The van der Waals surface area contributed by atoms with Crippen molar-refractivity contribution in [2.45, 2.75) is 50.7 Å². The molecule has 1 amide bonds. The second kappa shape index (κ2) is 15.5. The van der Waals surface area contributed by atoms with E-state index in [1.165, 1.54) is 29.5 Å². The number of amides is 1. The third-order valence-electron chi connectivity index (χ3n) is 8.47. The molecule has 0 unspecified atom stereocenters. The summed E-state index contributed by atoms with van der Waals surface area (Å²) >= 11 is 6.58. The summed E-state index contributed by atoms with van der Waals surface area (Å²) in [5.41, 5.74) is -0.439. The Bertz CT molecular complexity index is 2380. The van der Waals surface area contributed by atoms with Crippen molar-refractivity contribution < 1.29 is 35.9 Å². The Kier molecular flexibility index (Phi) is 11.6. The molecule has 0 aliphatic heterocycles. The summed E-state index contributed by atoms with van der Waals surface area (Å²) in [4.78, 5) is 19.8. The van der Waals surface area contributed by atoms with Gasteiger partial charge in [-0.25, -0.2) is 22.2 Å². The summed E-state index contributed by atoms with van der Waals surface area (Å²) in [6.07, 6.45) is 0.0717. The monoisotopic (exact) mass is 802 g/mol. The number of aryl methyl sites for hydroxylation is 1. The molecule has 12 nitrogen and oxygen atoms in total. The van der Waals surface area contributed by atoms with Gasteiger partial charge in [0, 0.05) is 50.3 Å². The summed E-state index contributed by atoms with van der Waals surface area (Å²) in [5, 5.41) is 28.6. The fourth-order valence-corrected chi connectivity index (χ4v) is 6.92. The molecule has 1 atom stereocenters. The van der Waals surface area contributed by atoms with Crippen LogP contribution in [0, 0.1) is 28.9 Å². The Morgan fingerprint density at radius 2 is 1.80 bits per heavy atom. The number of allylic oxidation sites excluding steroid dienone is 1. The number of aliphatic hydroxyl groups is 1. The van der Waals surface area contributed by atoms with Crippen molar-refractivity contribution in [3.8, 4) is 23.0 Å². The van der Waals surface area contributed by atoms with Crippen molar-refractivity contribution in [2.75, 3.05) is 31.6 Å². The number of benzene rings is 2. The first kappa shape index (κ1) is 41.0. The molecule has 5 rings (SSSR count).